The molecule has 1 aromatic heterocycles. The van der Waals surface area contributed by atoms with Crippen molar-refractivity contribution in [1.82, 2.24) is 9.55 Å². The van der Waals surface area contributed by atoms with E-state index in [0.717, 1.165) is 22.6 Å². The van der Waals surface area contributed by atoms with Gasteiger partial charge in [-0.25, -0.2) is 4.79 Å². The zero-order valence-corrected chi connectivity index (χ0v) is 14.7. The Hall–Kier alpha value is -1.55. The lowest BCUT2D eigenvalue weighted by Crippen LogP contribution is -2.37. The van der Waals surface area contributed by atoms with Crippen molar-refractivity contribution in [2.45, 2.75) is 38.4 Å². The van der Waals surface area contributed by atoms with Gasteiger partial charge in [-0.15, -0.1) is 0 Å². The number of aromatic nitrogens is 2. The van der Waals surface area contributed by atoms with Crippen molar-refractivity contribution < 1.29 is 28.6 Å². The summed E-state index contributed by atoms with van der Waals surface area (Å²) in [7, 11) is -3.50. The maximum atomic E-state index is 12.4. The van der Waals surface area contributed by atoms with E-state index in [1.165, 1.54) is 6.08 Å². The first-order valence-electron chi connectivity index (χ1n) is 7.72. The van der Waals surface area contributed by atoms with Gasteiger partial charge in [0.05, 0.1) is 13.2 Å². The number of nitrogens with one attached hydrogen (secondary N) is 1. The van der Waals surface area contributed by atoms with E-state index in [2.05, 4.69) is 0 Å². The standard InChI is InChI=1S/C14H21N2O8P/c1-3-22-25(21,23-4-2)8-6-9-11(18)12(19)13(24-9)16-7-5-10(17)15-14(16)20/h5-9,11-13,18-19H,3-4H2,1-2H3,(H,15,17,20)/b8-6+/t9-,11-,12-,13-/m1/s1. The van der Waals surface area contributed by atoms with Crippen LogP contribution in [0.15, 0.2) is 33.7 Å². The van der Waals surface area contributed by atoms with Crippen LogP contribution in [0.5, 0.6) is 0 Å². The van der Waals surface area contributed by atoms with Gasteiger partial charge in [0, 0.05) is 18.1 Å². The summed E-state index contributed by atoms with van der Waals surface area (Å²) in [5.41, 5.74) is -1.39. The molecule has 0 amide bonds. The molecule has 0 bridgehead atoms. The van der Waals surface area contributed by atoms with Crippen LogP contribution in [0.2, 0.25) is 0 Å². The summed E-state index contributed by atoms with van der Waals surface area (Å²) in [6.45, 7) is 3.63. The van der Waals surface area contributed by atoms with Crippen LogP contribution in [-0.2, 0) is 18.3 Å². The van der Waals surface area contributed by atoms with E-state index < -0.39 is 43.4 Å². The smallest absolute Gasteiger partial charge is 0.353 e. The molecule has 0 unspecified atom stereocenters. The van der Waals surface area contributed by atoms with Gasteiger partial charge in [0.1, 0.15) is 18.3 Å². The van der Waals surface area contributed by atoms with Gasteiger partial charge in [0.25, 0.3) is 5.56 Å². The Balaban J connectivity index is 2.21. The molecule has 140 valence electrons. The summed E-state index contributed by atoms with van der Waals surface area (Å²) in [6.07, 6.45) is -2.66. The molecule has 4 atom stereocenters. The number of aliphatic hydroxyl groups excluding tert-OH is 2. The van der Waals surface area contributed by atoms with Gasteiger partial charge >= 0.3 is 13.3 Å². The van der Waals surface area contributed by atoms with Gasteiger partial charge in [-0.3, -0.25) is 18.9 Å². The quantitative estimate of drug-likeness (QED) is 0.562. The topological polar surface area (TPSA) is 140 Å². The van der Waals surface area contributed by atoms with E-state index in [1.54, 1.807) is 13.8 Å². The van der Waals surface area contributed by atoms with Crippen molar-refractivity contribution in [2.75, 3.05) is 13.2 Å². The van der Waals surface area contributed by atoms with Crippen molar-refractivity contribution in [2.24, 2.45) is 0 Å². The lowest BCUT2D eigenvalue weighted by atomic mass is 10.1. The van der Waals surface area contributed by atoms with Gasteiger partial charge in [0.2, 0.25) is 0 Å². The third kappa shape index (κ3) is 4.55. The maximum absolute atomic E-state index is 12.4. The van der Waals surface area contributed by atoms with Crippen LogP contribution in [0, 0.1) is 0 Å². The largest absolute Gasteiger partial charge is 0.387 e. The summed E-state index contributed by atoms with van der Waals surface area (Å²) in [5, 5.41) is 20.2. The lowest BCUT2D eigenvalue weighted by Gasteiger charge is -2.16. The normalized spacial score (nSPS) is 27.2. The first-order valence-corrected chi connectivity index (χ1v) is 9.33. The zero-order valence-electron chi connectivity index (χ0n) is 13.8. The minimum atomic E-state index is -3.50. The molecule has 10 nitrogen and oxygen atoms in total. The highest BCUT2D eigenvalue weighted by Gasteiger charge is 2.43. The number of aliphatic hydroxyl groups is 2. The minimum Gasteiger partial charge on any atom is -0.387 e. The second kappa shape index (κ2) is 8.22. The number of nitrogens with zero attached hydrogens (tertiary/aromatic N) is 1. The molecular formula is C14H21N2O8P. The molecule has 2 heterocycles. The second-order valence-electron chi connectivity index (χ2n) is 5.21. The van der Waals surface area contributed by atoms with Crippen LogP contribution >= 0.6 is 7.60 Å². The predicted molar refractivity (Wildman–Crippen MR) is 87.2 cm³/mol. The average molecular weight is 376 g/mol. The Morgan fingerprint density at radius 3 is 2.48 bits per heavy atom. The first kappa shape index (κ1) is 19.8. The Kier molecular flexibility index (Phi) is 6.50. The first-order chi connectivity index (χ1) is 11.8. The maximum Gasteiger partial charge on any atom is 0.353 e. The molecule has 1 fully saturated rings. The van der Waals surface area contributed by atoms with Crippen LogP contribution in [0.3, 0.4) is 0 Å². The lowest BCUT2D eigenvalue weighted by molar-refractivity contribution is -0.0297. The fourth-order valence-corrected chi connectivity index (χ4v) is 3.72. The van der Waals surface area contributed by atoms with E-state index in [0.29, 0.717) is 0 Å². The van der Waals surface area contributed by atoms with Crippen molar-refractivity contribution in [3.8, 4) is 0 Å². The fraction of sp³-hybridized carbons (Fsp3) is 0.571. The van der Waals surface area contributed by atoms with Crippen molar-refractivity contribution in [3.63, 3.8) is 0 Å². The third-order valence-corrected chi connectivity index (χ3v) is 5.25. The number of hydrogen-bond donors (Lipinski definition) is 3. The molecule has 1 aliphatic heterocycles. The van der Waals surface area contributed by atoms with Crippen molar-refractivity contribution >= 4 is 7.60 Å². The predicted octanol–water partition coefficient (Wildman–Crippen LogP) is -0.0644. The molecule has 0 aliphatic carbocycles. The Morgan fingerprint density at radius 2 is 1.92 bits per heavy atom. The Morgan fingerprint density at radius 1 is 1.28 bits per heavy atom. The van der Waals surface area contributed by atoms with E-state index >= 15 is 0 Å². The molecule has 1 aliphatic rings. The van der Waals surface area contributed by atoms with E-state index in [9.17, 15) is 24.4 Å². The zero-order chi connectivity index (χ0) is 18.6. The molecule has 1 aromatic rings. The van der Waals surface area contributed by atoms with Gasteiger partial charge in [-0.1, -0.05) is 0 Å². The summed E-state index contributed by atoms with van der Waals surface area (Å²) >= 11 is 0. The molecule has 3 N–H and O–H groups in total. The van der Waals surface area contributed by atoms with Crippen LogP contribution in [0.4, 0.5) is 0 Å². The van der Waals surface area contributed by atoms with Crippen LogP contribution < -0.4 is 11.2 Å². The van der Waals surface area contributed by atoms with E-state index in [-0.39, 0.29) is 13.2 Å². The number of H-pyrrole nitrogens is 1. The highest BCUT2D eigenvalue weighted by molar-refractivity contribution is 7.57. The van der Waals surface area contributed by atoms with E-state index in [1.807, 2.05) is 4.98 Å². The average Bonchev–Trinajstić information content (AvgIpc) is 2.82. The second-order valence-corrected chi connectivity index (χ2v) is 7.10. The van der Waals surface area contributed by atoms with Crippen molar-refractivity contribution in [1.29, 1.82) is 0 Å². The molecule has 0 saturated carbocycles. The molecule has 1 saturated heterocycles. The highest BCUT2D eigenvalue weighted by Crippen LogP contribution is 2.50. The van der Waals surface area contributed by atoms with Gasteiger partial charge in [-0.2, -0.15) is 0 Å². The molecule has 11 heteroatoms. The van der Waals surface area contributed by atoms with Crippen LogP contribution in [-0.4, -0.2) is 51.3 Å². The van der Waals surface area contributed by atoms with Gasteiger partial charge in [0.15, 0.2) is 6.23 Å². The summed E-state index contributed by atoms with van der Waals surface area (Å²) in [5.74, 6) is 1.15. The number of aromatic amines is 1. The minimum absolute atomic E-state index is 0.160. The number of ether oxygens (including phenoxy) is 1. The van der Waals surface area contributed by atoms with Gasteiger partial charge < -0.3 is 24.0 Å². The molecule has 2 rings (SSSR count). The summed E-state index contributed by atoms with van der Waals surface area (Å²) in [4.78, 5) is 24.9. The molecular weight excluding hydrogens is 355 g/mol. The summed E-state index contributed by atoms with van der Waals surface area (Å²) in [6, 6.07) is 1.09. The number of hydrogen-bond acceptors (Lipinski definition) is 8. The molecule has 0 spiro atoms. The monoisotopic (exact) mass is 376 g/mol. The third-order valence-electron chi connectivity index (χ3n) is 3.48. The fourth-order valence-electron chi connectivity index (χ4n) is 2.38. The SMILES string of the molecule is CCOP(=O)(/C=C/[C@H]1O[C@@H](n2ccc(=O)[nH]c2=O)[C@H](O)[C@@H]1O)OCC. The van der Waals surface area contributed by atoms with Crippen molar-refractivity contribution in [3.05, 3.63) is 45.0 Å². The number of rotatable bonds is 7. The Labute approximate surface area is 143 Å². The van der Waals surface area contributed by atoms with E-state index in [4.69, 9.17) is 13.8 Å². The summed E-state index contributed by atoms with van der Waals surface area (Å²) < 4.78 is 29.0. The molecule has 0 radical (unpaired) electrons. The molecule has 25 heavy (non-hydrogen) atoms. The Bertz CT molecular complexity index is 763. The van der Waals surface area contributed by atoms with Crippen LogP contribution in [0.25, 0.3) is 0 Å². The van der Waals surface area contributed by atoms with Crippen LogP contribution in [0.1, 0.15) is 20.1 Å². The highest BCUT2D eigenvalue weighted by atomic mass is 31.2. The molecule has 0 aromatic carbocycles. The van der Waals surface area contributed by atoms with Gasteiger partial charge in [-0.05, 0) is 19.9 Å².